The van der Waals surface area contributed by atoms with Crippen LogP contribution in [0.5, 0.6) is 0 Å². The van der Waals surface area contributed by atoms with Crippen LogP contribution in [0.25, 0.3) is 0 Å². The summed E-state index contributed by atoms with van der Waals surface area (Å²) in [4.78, 5) is 29.1. The molecule has 0 radical (unpaired) electrons. The molecule has 0 bridgehead atoms. The molecule has 6 heteroatoms. The maximum Gasteiger partial charge on any atom is 0.251 e. The van der Waals surface area contributed by atoms with Crippen molar-refractivity contribution < 1.29 is 14.0 Å². The summed E-state index contributed by atoms with van der Waals surface area (Å²) < 4.78 is 5.40. The van der Waals surface area contributed by atoms with Crippen LogP contribution in [-0.4, -0.2) is 29.3 Å². The van der Waals surface area contributed by atoms with Crippen LogP contribution in [0.3, 0.4) is 0 Å². The summed E-state index contributed by atoms with van der Waals surface area (Å²) in [6, 6.07) is 19.6. The Hall–Kier alpha value is -3.54. The molecule has 1 saturated heterocycles. The topological polar surface area (TPSA) is 74.6 Å². The Balaban J connectivity index is 1.27. The number of nitrogens with one attached hydrogen (secondary N) is 2. The predicted molar refractivity (Wildman–Crippen MR) is 134 cm³/mol. The zero-order valence-corrected chi connectivity index (χ0v) is 19.7. The molecular formula is C29H31N3O3. The van der Waals surface area contributed by atoms with E-state index in [4.69, 9.17) is 4.42 Å². The van der Waals surface area contributed by atoms with E-state index in [1.54, 1.807) is 6.26 Å². The zero-order chi connectivity index (χ0) is 23.8. The third-order valence-corrected chi connectivity index (χ3v) is 8.08. The van der Waals surface area contributed by atoms with Gasteiger partial charge in [0, 0.05) is 35.3 Å². The molecule has 1 aliphatic carbocycles. The number of fused-ring (bicyclic) bond motifs is 3. The minimum atomic E-state index is -0.190. The zero-order valence-electron chi connectivity index (χ0n) is 19.7. The number of likely N-dealkylation sites (tertiary alicyclic amines) is 1. The SMILES string of the molecule is O=C(N[C@@H]1CCCC[C@@H]1C(=O)N1CC[C@@H]2[C@H](c3ccoc3)Nc3ccccc3[C@@H]21)c1ccccc1. The van der Waals surface area contributed by atoms with Crippen LogP contribution in [-0.2, 0) is 4.79 Å². The molecule has 2 amide bonds. The maximum absolute atomic E-state index is 14.1. The largest absolute Gasteiger partial charge is 0.472 e. The van der Waals surface area contributed by atoms with Crippen molar-refractivity contribution in [1.82, 2.24) is 10.2 Å². The Bertz CT molecular complexity index is 1190. The Morgan fingerprint density at radius 3 is 2.57 bits per heavy atom. The average Bonchev–Trinajstić information content (AvgIpc) is 3.60. The monoisotopic (exact) mass is 469 g/mol. The van der Waals surface area contributed by atoms with E-state index in [1.165, 1.54) is 5.56 Å². The second-order valence-corrected chi connectivity index (χ2v) is 10.0. The minimum Gasteiger partial charge on any atom is -0.472 e. The number of carbonyl (C=O) groups is 2. The Kier molecular flexibility index (Phi) is 5.80. The van der Waals surface area contributed by atoms with Gasteiger partial charge in [-0.05, 0) is 49.1 Å². The van der Waals surface area contributed by atoms with Crippen LogP contribution < -0.4 is 10.6 Å². The number of hydrogen-bond donors (Lipinski definition) is 2. The first kappa shape index (κ1) is 22.0. The average molecular weight is 470 g/mol. The summed E-state index contributed by atoms with van der Waals surface area (Å²) in [7, 11) is 0. The van der Waals surface area contributed by atoms with Gasteiger partial charge in [-0.2, -0.15) is 0 Å². The van der Waals surface area contributed by atoms with Gasteiger partial charge >= 0.3 is 0 Å². The molecule has 3 heterocycles. The van der Waals surface area contributed by atoms with Crippen molar-refractivity contribution in [2.75, 3.05) is 11.9 Å². The summed E-state index contributed by atoms with van der Waals surface area (Å²) in [5.74, 6) is 0.164. The second kappa shape index (κ2) is 9.25. The molecule has 2 aromatic carbocycles. The van der Waals surface area contributed by atoms with Crippen LogP contribution in [0, 0.1) is 11.8 Å². The van der Waals surface area contributed by atoms with Gasteiger partial charge in [0.05, 0.1) is 30.5 Å². The molecule has 6 nitrogen and oxygen atoms in total. The van der Waals surface area contributed by atoms with Crippen molar-refractivity contribution >= 4 is 17.5 Å². The molecule has 3 aromatic rings. The Morgan fingerprint density at radius 2 is 1.74 bits per heavy atom. The number of para-hydroxylation sites is 1. The molecule has 0 spiro atoms. The van der Waals surface area contributed by atoms with Crippen molar-refractivity contribution in [3.8, 4) is 0 Å². The van der Waals surface area contributed by atoms with E-state index in [-0.39, 0.29) is 41.8 Å². The number of nitrogens with zero attached hydrogens (tertiary/aromatic N) is 1. The lowest BCUT2D eigenvalue weighted by molar-refractivity contribution is -0.138. The highest BCUT2D eigenvalue weighted by Gasteiger charge is 2.48. The standard InChI is InChI=1S/C29H31N3O3/c33-28(19-8-2-1-3-9-19)31-25-13-7-5-11-22(25)29(34)32-16-14-23-26(20-15-17-35-18-20)30-24-12-6-4-10-21(24)27(23)32/h1-4,6,8-10,12,15,17-18,22-23,25-27,30H,5,7,11,13-14,16H2,(H,31,33)/t22-,23+,25+,26-,27-/m0/s1. The van der Waals surface area contributed by atoms with E-state index in [0.29, 0.717) is 5.56 Å². The normalized spacial score (nSPS) is 27.4. The molecule has 2 N–H and O–H groups in total. The molecule has 3 aliphatic rings. The first-order valence-electron chi connectivity index (χ1n) is 12.7. The molecule has 0 unspecified atom stereocenters. The molecule has 180 valence electrons. The molecule has 2 fully saturated rings. The van der Waals surface area contributed by atoms with E-state index in [9.17, 15) is 9.59 Å². The summed E-state index contributed by atoms with van der Waals surface area (Å²) in [5, 5.41) is 6.91. The highest BCUT2D eigenvalue weighted by molar-refractivity contribution is 5.94. The third kappa shape index (κ3) is 4.01. The fraction of sp³-hybridized carbons (Fsp3) is 0.379. The molecule has 2 aliphatic heterocycles. The maximum atomic E-state index is 14.1. The summed E-state index contributed by atoms with van der Waals surface area (Å²) in [6.45, 7) is 0.731. The predicted octanol–water partition coefficient (Wildman–Crippen LogP) is 5.32. The molecular weight excluding hydrogens is 438 g/mol. The number of hydrogen-bond acceptors (Lipinski definition) is 4. The van der Waals surface area contributed by atoms with Crippen LogP contribution >= 0.6 is 0 Å². The smallest absolute Gasteiger partial charge is 0.251 e. The Labute approximate surface area is 205 Å². The van der Waals surface area contributed by atoms with Crippen LogP contribution in [0.2, 0.25) is 0 Å². The van der Waals surface area contributed by atoms with Gasteiger partial charge in [0.2, 0.25) is 5.91 Å². The number of rotatable bonds is 4. The van der Waals surface area contributed by atoms with Crippen molar-refractivity contribution in [3.63, 3.8) is 0 Å². The Morgan fingerprint density at radius 1 is 0.943 bits per heavy atom. The highest BCUT2D eigenvalue weighted by Crippen LogP contribution is 2.51. The van der Waals surface area contributed by atoms with Crippen molar-refractivity contribution in [3.05, 3.63) is 89.9 Å². The van der Waals surface area contributed by atoms with E-state index in [2.05, 4.69) is 33.7 Å². The van der Waals surface area contributed by atoms with Gasteiger partial charge in [-0.3, -0.25) is 9.59 Å². The van der Waals surface area contributed by atoms with E-state index in [1.807, 2.05) is 48.7 Å². The van der Waals surface area contributed by atoms with E-state index < -0.39 is 0 Å². The number of furan rings is 1. The lowest BCUT2D eigenvalue weighted by Crippen LogP contribution is -2.50. The van der Waals surface area contributed by atoms with Crippen molar-refractivity contribution in [1.29, 1.82) is 0 Å². The number of carbonyl (C=O) groups excluding carboxylic acids is 2. The van der Waals surface area contributed by atoms with Crippen molar-refractivity contribution in [2.24, 2.45) is 11.8 Å². The van der Waals surface area contributed by atoms with E-state index in [0.717, 1.165) is 49.9 Å². The molecule has 5 atom stereocenters. The summed E-state index contributed by atoms with van der Waals surface area (Å²) >= 11 is 0. The quantitative estimate of drug-likeness (QED) is 0.542. The minimum absolute atomic E-state index is 0.0206. The fourth-order valence-electron chi connectivity index (χ4n) is 6.41. The van der Waals surface area contributed by atoms with Gasteiger partial charge in [0.1, 0.15) is 0 Å². The van der Waals surface area contributed by atoms with E-state index >= 15 is 0 Å². The van der Waals surface area contributed by atoms with Gasteiger partial charge in [-0.25, -0.2) is 0 Å². The first-order chi connectivity index (χ1) is 17.2. The number of anilines is 1. The van der Waals surface area contributed by atoms with Gasteiger partial charge in [0.15, 0.2) is 0 Å². The van der Waals surface area contributed by atoms with Crippen LogP contribution in [0.4, 0.5) is 5.69 Å². The molecule has 1 aromatic heterocycles. The second-order valence-electron chi connectivity index (χ2n) is 10.0. The molecule has 35 heavy (non-hydrogen) atoms. The van der Waals surface area contributed by atoms with Gasteiger partial charge in [-0.15, -0.1) is 0 Å². The number of benzene rings is 2. The molecule has 1 saturated carbocycles. The van der Waals surface area contributed by atoms with Crippen molar-refractivity contribution in [2.45, 2.75) is 50.2 Å². The lowest BCUT2D eigenvalue weighted by atomic mass is 9.79. The fourth-order valence-corrected chi connectivity index (χ4v) is 6.41. The number of amides is 2. The summed E-state index contributed by atoms with van der Waals surface area (Å²) in [5.41, 5.74) is 4.02. The first-order valence-corrected chi connectivity index (χ1v) is 12.7. The lowest BCUT2D eigenvalue weighted by Gasteiger charge is -2.41. The molecule has 6 rings (SSSR count). The van der Waals surface area contributed by atoms with Gasteiger partial charge in [-0.1, -0.05) is 49.2 Å². The highest BCUT2D eigenvalue weighted by atomic mass is 16.3. The van der Waals surface area contributed by atoms with Crippen LogP contribution in [0.1, 0.15) is 65.7 Å². The van der Waals surface area contributed by atoms with Crippen LogP contribution in [0.15, 0.2) is 77.6 Å². The third-order valence-electron chi connectivity index (χ3n) is 8.08. The summed E-state index contributed by atoms with van der Waals surface area (Å²) in [6.07, 6.45) is 8.16. The van der Waals surface area contributed by atoms with Gasteiger partial charge < -0.3 is 20.0 Å². The van der Waals surface area contributed by atoms with Gasteiger partial charge in [0.25, 0.3) is 5.91 Å².